The molecule has 1 nitrogen and oxygen atoms in total. The standard InChI is InChI=1S/C13H18IN/c14-12-9-5-6-10-13(12)15-11-7-3-1-2-4-8-11/h5-6,9-11,15H,1-4,7-8H2. The molecule has 0 radical (unpaired) electrons. The summed E-state index contributed by atoms with van der Waals surface area (Å²) in [6.45, 7) is 0. The highest BCUT2D eigenvalue weighted by atomic mass is 127. The highest BCUT2D eigenvalue weighted by Gasteiger charge is 2.12. The maximum Gasteiger partial charge on any atom is 0.0478 e. The Morgan fingerprint density at radius 3 is 2.33 bits per heavy atom. The molecule has 0 aromatic heterocycles. The summed E-state index contributed by atoms with van der Waals surface area (Å²) in [5, 5.41) is 3.68. The van der Waals surface area contributed by atoms with Crippen LogP contribution in [0.5, 0.6) is 0 Å². The predicted molar refractivity (Wildman–Crippen MR) is 74.3 cm³/mol. The van der Waals surface area contributed by atoms with Crippen LogP contribution in [0.2, 0.25) is 0 Å². The molecule has 0 bridgehead atoms. The molecule has 82 valence electrons. The molecule has 1 aromatic carbocycles. The van der Waals surface area contributed by atoms with Crippen LogP contribution >= 0.6 is 22.6 Å². The molecule has 0 unspecified atom stereocenters. The molecular formula is C13H18IN. The van der Waals surface area contributed by atoms with Crippen molar-refractivity contribution in [3.05, 3.63) is 27.8 Å². The molecule has 0 atom stereocenters. The zero-order chi connectivity index (χ0) is 10.5. The van der Waals surface area contributed by atoms with Gasteiger partial charge < -0.3 is 5.32 Å². The van der Waals surface area contributed by atoms with Gasteiger partial charge in [-0.15, -0.1) is 0 Å². The van der Waals surface area contributed by atoms with Crippen molar-refractivity contribution in [2.24, 2.45) is 0 Å². The van der Waals surface area contributed by atoms with E-state index in [2.05, 4.69) is 52.2 Å². The van der Waals surface area contributed by atoms with Gasteiger partial charge in [0, 0.05) is 15.3 Å². The number of rotatable bonds is 2. The lowest BCUT2D eigenvalue weighted by Crippen LogP contribution is -2.18. The van der Waals surface area contributed by atoms with Crippen molar-refractivity contribution in [1.82, 2.24) is 0 Å². The first-order valence-electron chi connectivity index (χ1n) is 5.87. The van der Waals surface area contributed by atoms with Crippen molar-refractivity contribution < 1.29 is 0 Å². The molecule has 1 saturated carbocycles. The number of nitrogens with one attached hydrogen (secondary N) is 1. The average molecular weight is 315 g/mol. The van der Waals surface area contributed by atoms with Gasteiger partial charge in [0.1, 0.15) is 0 Å². The van der Waals surface area contributed by atoms with Crippen LogP contribution in [0.25, 0.3) is 0 Å². The average Bonchev–Trinajstić information content (AvgIpc) is 2.50. The molecule has 1 aliphatic carbocycles. The summed E-state index contributed by atoms with van der Waals surface area (Å²) in [6, 6.07) is 9.26. The second kappa shape index (κ2) is 5.73. The number of anilines is 1. The van der Waals surface area contributed by atoms with Gasteiger partial charge >= 0.3 is 0 Å². The zero-order valence-electron chi connectivity index (χ0n) is 9.01. The molecule has 1 aromatic rings. The summed E-state index contributed by atoms with van der Waals surface area (Å²) in [7, 11) is 0. The molecule has 1 aliphatic rings. The van der Waals surface area contributed by atoms with E-state index in [4.69, 9.17) is 0 Å². The fourth-order valence-electron chi connectivity index (χ4n) is 2.22. The Kier molecular flexibility index (Phi) is 4.29. The lowest BCUT2D eigenvalue weighted by Gasteiger charge is -2.18. The first-order chi connectivity index (χ1) is 7.36. The third-order valence-corrected chi connectivity index (χ3v) is 4.03. The minimum Gasteiger partial charge on any atom is -0.381 e. The van der Waals surface area contributed by atoms with Crippen molar-refractivity contribution in [3.63, 3.8) is 0 Å². The molecule has 0 heterocycles. The molecule has 0 aliphatic heterocycles. The van der Waals surface area contributed by atoms with Crippen LogP contribution in [0.1, 0.15) is 38.5 Å². The lowest BCUT2D eigenvalue weighted by molar-refractivity contribution is 0.620. The summed E-state index contributed by atoms with van der Waals surface area (Å²) in [5.74, 6) is 0. The van der Waals surface area contributed by atoms with Gasteiger partial charge in [0.25, 0.3) is 0 Å². The normalized spacial score (nSPS) is 18.5. The SMILES string of the molecule is Ic1ccccc1NC1CCCCCC1. The number of para-hydroxylation sites is 1. The van der Waals surface area contributed by atoms with Crippen LogP contribution in [0.4, 0.5) is 5.69 Å². The number of hydrogen-bond donors (Lipinski definition) is 1. The minimum atomic E-state index is 0.698. The van der Waals surface area contributed by atoms with E-state index in [-0.39, 0.29) is 0 Å². The van der Waals surface area contributed by atoms with Crippen LogP contribution in [-0.4, -0.2) is 6.04 Å². The van der Waals surface area contributed by atoms with Crippen molar-refractivity contribution in [2.45, 2.75) is 44.6 Å². The highest BCUT2D eigenvalue weighted by Crippen LogP contribution is 2.23. The van der Waals surface area contributed by atoms with Crippen LogP contribution in [0.3, 0.4) is 0 Å². The summed E-state index contributed by atoms with van der Waals surface area (Å²) < 4.78 is 1.33. The summed E-state index contributed by atoms with van der Waals surface area (Å²) >= 11 is 2.40. The van der Waals surface area contributed by atoms with E-state index in [0.29, 0.717) is 6.04 Å². The van der Waals surface area contributed by atoms with Gasteiger partial charge in [-0.05, 0) is 47.6 Å². The van der Waals surface area contributed by atoms with Crippen LogP contribution in [0.15, 0.2) is 24.3 Å². The van der Waals surface area contributed by atoms with E-state index in [1.807, 2.05) is 0 Å². The van der Waals surface area contributed by atoms with E-state index in [9.17, 15) is 0 Å². The fourth-order valence-corrected chi connectivity index (χ4v) is 2.76. The Morgan fingerprint density at radius 2 is 1.67 bits per heavy atom. The Bertz CT molecular complexity index is 303. The van der Waals surface area contributed by atoms with Crippen LogP contribution < -0.4 is 5.32 Å². The molecule has 2 heteroatoms. The quantitative estimate of drug-likeness (QED) is 0.629. The second-order valence-corrected chi connectivity index (χ2v) is 5.47. The molecule has 1 N–H and O–H groups in total. The maximum absolute atomic E-state index is 3.68. The molecule has 0 spiro atoms. The van der Waals surface area contributed by atoms with E-state index in [0.717, 1.165) is 0 Å². The second-order valence-electron chi connectivity index (χ2n) is 4.31. The minimum absolute atomic E-state index is 0.698. The van der Waals surface area contributed by atoms with Crippen molar-refractivity contribution in [2.75, 3.05) is 5.32 Å². The van der Waals surface area contributed by atoms with Crippen molar-refractivity contribution >= 4 is 28.3 Å². The number of halogens is 1. The predicted octanol–water partition coefficient (Wildman–Crippen LogP) is 4.43. The largest absolute Gasteiger partial charge is 0.381 e. The molecular weight excluding hydrogens is 297 g/mol. The van der Waals surface area contributed by atoms with E-state index in [1.54, 1.807) is 0 Å². The van der Waals surface area contributed by atoms with Crippen LogP contribution in [-0.2, 0) is 0 Å². The highest BCUT2D eigenvalue weighted by molar-refractivity contribution is 14.1. The maximum atomic E-state index is 3.68. The van der Waals surface area contributed by atoms with Crippen LogP contribution in [0, 0.1) is 3.57 Å². The van der Waals surface area contributed by atoms with Gasteiger partial charge in [-0.2, -0.15) is 0 Å². The Morgan fingerprint density at radius 1 is 1.00 bits per heavy atom. The van der Waals surface area contributed by atoms with Gasteiger partial charge in [-0.3, -0.25) is 0 Å². The fraction of sp³-hybridized carbons (Fsp3) is 0.538. The number of hydrogen-bond acceptors (Lipinski definition) is 1. The van der Waals surface area contributed by atoms with Gasteiger partial charge in [0.15, 0.2) is 0 Å². The molecule has 0 amide bonds. The van der Waals surface area contributed by atoms with Crippen molar-refractivity contribution in [1.29, 1.82) is 0 Å². The monoisotopic (exact) mass is 315 g/mol. The summed E-state index contributed by atoms with van der Waals surface area (Å²) in [5.41, 5.74) is 1.31. The molecule has 15 heavy (non-hydrogen) atoms. The first-order valence-corrected chi connectivity index (χ1v) is 6.95. The molecule has 2 rings (SSSR count). The van der Waals surface area contributed by atoms with Gasteiger partial charge in [-0.1, -0.05) is 37.8 Å². The zero-order valence-corrected chi connectivity index (χ0v) is 11.2. The number of benzene rings is 1. The van der Waals surface area contributed by atoms with Gasteiger partial charge in [0.2, 0.25) is 0 Å². The van der Waals surface area contributed by atoms with Gasteiger partial charge in [0.05, 0.1) is 0 Å². The summed E-state index contributed by atoms with van der Waals surface area (Å²) in [4.78, 5) is 0. The smallest absolute Gasteiger partial charge is 0.0478 e. The Hall–Kier alpha value is -0.250. The van der Waals surface area contributed by atoms with E-state index in [1.165, 1.54) is 47.8 Å². The molecule has 0 saturated heterocycles. The lowest BCUT2D eigenvalue weighted by atomic mass is 10.1. The van der Waals surface area contributed by atoms with E-state index >= 15 is 0 Å². The van der Waals surface area contributed by atoms with Gasteiger partial charge in [-0.25, -0.2) is 0 Å². The van der Waals surface area contributed by atoms with Crippen molar-refractivity contribution in [3.8, 4) is 0 Å². The molecule has 1 fully saturated rings. The third kappa shape index (κ3) is 3.37. The Balaban J connectivity index is 1.98. The topological polar surface area (TPSA) is 12.0 Å². The summed E-state index contributed by atoms with van der Waals surface area (Å²) in [6.07, 6.45) is 8.30. The third-order valence-electron chi connectivity index (χ3n) is 3.09. The Labute approximate surface area is 106 Å². The van der Waals surface area contributed by atoms with E-state index < -0.39 is 0 Å². The first kappa shape index (κ1) is 11.2.